The molecule has 1 aromatic heterocycles. The van der Waals surface area contributed by atoms with Crippen molar-refractivity contribution in [2.45, 2.75) is 13.5 Å². The van der Waals surface area contributed by atoms with Gasteiger partial charge in [-0.2, -0.15) is 5.10 Å². The fraction of sp³-hybridized carbons (Fsp3) is 0.400. The maximum absolute atomic E-state index is 5.58. The van der Waals surface area contributed by atoms with Crippen molar-refractivity contribution in [3.8, 4) is 0 Å². The third-order valence-electron chi connectivity index (χ3n) is 1.28. The summed E-state index contributed by atoms with van der Waals surface area (Å²) in [4.78, 5) is 0. The molecule has 0 radical (unpaired) electrons. The molecule has 0 atom stereocenters. The molecule has 0 aliphatic carbocycles. The summed E-state index contributed by atoms with van der Waals surface area (Å²) >= 11 is 5.58. The Labute approximate surface area is 63.8 Å². The van der Waals surface area contributed by atoms with E-state index in [1.807, 2.05) is 6.92 Å². The second-order valence-electron chi connectivity index (χ2n) is 1.91. The maximum Gasteiger partial charge on any atom is 0.176 e. The number of aromatic nitrogens is 2. The zero-order chi connectivity index (χ0) is 7.72. The monoisotopic (exact) mass is 160 g/mol. The molecule has 0 unspecified atom stereocenters. The first-order chi connectivity index (χ1) is 4.66. The van der Waals surface area contributed by atoms with Gasteiger partial charge in [0, 0.05) is 6.54 Å². The van der Waals surface area contributed by atoms with E-state index in [1.54, 1.807) is 4.68 Å². The van der Waals surface area contributed by atoms with Crippen molar-refractivity contribution in [1.82, 2.24) is 9.78 Å². The van der Waals surface area contributed by atoms with Crippen LogP contribution in [-0.2, 0) is 6.54 Å². The maximum atomic E-state index is 5.58. The van der Waals surface area contributed by atoms with Crippen molar-refractivity contribution in [2.24, 2.45) is 0 Å². The predicted octanol–water partition coefficient (Wildman–Crippen LogP) is 0.721. The summed E-state index contributed by atoms with van der Waals surface area (Å²) in [6.45, 7) is 2.60. The Morgan fingerprint density at radius 1 is 1.60 bits per heavy atom. The standard InChI is InChI=1S/C5H9ClN4/c1-2-10-5(8)3(7)4(6)9-10/h2,7-8H2,1H3. The average Bonchev–Trinajstić information content (AvgIpc) is 2.17. The number of rotatable bonds is 1. The highest BCUT2D eigenvalue weighted by atomic mass is 35.5. The van der Waals surface area contributed by atoms with Crippen LogP contribution in [0.1, 0.15) is 6.92 Å². The number of anilines is 2. The molecule has 0 aliphatic heterocycles. The molecule has 0 saturated carbocycles. The molecule has 0 fully saturated rings. The van der Waals surface area contributed by atoms with E-state index >= 15 is 0 Å². The number of aryl methyl sites for hydroxylation is 1. The predicted molar refractivity (Wildman–Crippen MR) is 41.7 cm³/mol. The molecule has 0 aromatic carbocycles. The first-order valence-corrected chi connectivity index (χ1v) is 3.31. The molecule has 0 amide bonds. The molecule has 4 nitrogen and oxygen atoms in total. The largest absolute Gasteiger partial charge is 0.393 e. The minimum absolute atomic E-state index is 0.277. The van der Waals surface area contributed by atoms with Gasteiger partial charge >= 0.3 is 0 Å². The van der Waals surface area contributed by atoms with Gasteiger partial charge in [0.05, 0.1) is 0 Å². The van der Waals surface area contributed by atoms with E-state index in [2.05, 4.69) is 5.10 Å². The van der Waals surface area contributed by atoms with Gasteiger partial charge in [0.2, 0.25) is 0 Å². The van der Waals surface area contributed by atoms with Gasteiger partial charge in [-0.05, 0) is 6.92 Å². The van der Waals surface area contributed by atoms with Crippen molar-refractivity contribution < 1.29 is 0 Å². The Hall–Kier alpha value is -0.900. The van der Waals surface area contributed by atoms with Crippen LogP contribution in [0.4, 0.5) is 11.5 Å². The highest BCUT2D eigenvalue weighted by Crippen LogP contribution is 2.23. The Balaban J connectivity index is 3.17. The Morgan fingerprint density at radius 3 is 2.40 bits per heavy atom. The highest BCUT2D eigenvalue weighted by molar-refractivity contribution is 6.32. The molecule has 1 aromatic rings. The van der Waals surface area contributed by atoms with Crippen LogP contribution in [0.5, 0.6) is 0 Å². The van der Waals surface area contributed by atoms with Gasteiger partial charge in [0.1, 0.15) is 11.5 Å². The molecule has 10 heavy (non-hydrogen) atoms. The van der Waals surface area contributed by atoms with Crippen LogP contribution in [0.3, 0.4) is 0 Å². The van der Waals surface area contributed by atoms with Gasteiger partial charge < -0.3 is 11.5 Å². The second kappa shape index (κ2) is 2.38. The van der Waals surface area contributed by atoms with E-state index in [1.165, 1.54) is 0 Å². The van der Waals surface area contributed by atoms with E-state index in [4.69, 9.17) is 23.1 Å². The summed E-state index contributed by atoms with van der Waals surface area (Å²) < 4.78 is 1.55. The normalized spacial score (nSPS) is 10.2. The van der Waals surface area contributed by atoms with E-state index in [9.17, 15) is 0 Å². The first-order valence-electron chi connectivity index (χ1n) is 2.94. The van der Waals surface area contributed by atoms with E-state index < -0.39 is 0 Å². The first kappa shape index (κ1) is 7.21. The number of nitrogens with two attached hydrogens (primary N) is 2. The van der Waals surface area contributed by atoms with E-state index in [0.717, 1.165) is 0 Å². The van der Waals surface area contributed by atoms with Crippen molar-refractivity contribution in [2.75, 3.05) is 11.5 Å². The lowest BCUT2D eigenvalue weighted by atomic mass is 10.5. The van der Waals surface area contributed by atoms with Crippen LogP contribution in [0.15, 0.2) is 0 Å². The summed E-state index contributed by atoms with van der Waals surface area (Å²) in [6.07, 6.45) is 0. The quantitative estimate of drug-likeness (QED) is 0.636. The van der Waals surface area contributed by atoms with Crippen molar-refractivity contribution in [3.05, 3.63) is 5.15 Å². The average molecular weight is 161 g/mol. The van der Waals surface area contributed by atoms with Gasteiger partial charge in [-0.25, -0.2) is 4.68 Å². The molecule has 0 saturated heterocycles. The molecular weight excluding hydrogens is 152 g/mol. The number of nitrogens with zero attached hydrogens (tertiary/aromatic N) is 2. The van der Waals surface area contributed by atoms with Crippen LogP contribution < -0.4 is 11.5 Å². The van der Waals surface area contributed by atoms with Crippen molar-refractivity contribution >= 4 is 23.1 Å². The van der Waals surface area contributed by atoms with Crippen LogP contribution in [0.2, 0.25) is 5.15 Å². The lowest BCUT2D eigenvalue weighted by molar-refractivity contribution is 0.670. The van der Waals surface area contributed by atoms with Gasteiger partial charge in [-0.15, -0.1) is 0 Å². The smallest absolute Gasteiger partial charge is 0.176 e. The van der Waals surface area contributed by atoms with Crippen molar-refractivity contribution in [1.29, 1.82) is 0 Å². The summed E-state index contributed by atoms with van der Waals surface area (Å²) in [7, 11) is 0. The van der Waals surface area contributed by atoms with Crippen molar-refractivity contribution in [3.63, 3.8) is 0 Å². The summed E-state index contributed by atoms with van der Waals surface area (Å²) in [5.74, 6) is 0.438. The fourth-order valence-corrected chi connectivity index (χ4v) is 0.888. The lowest BCUT2D eigenvalue weighted by Gasteiger charge is -1.96. The highest BCUT2D eigenvalue weighted by Gasteiger charge is 2.07. The van der Waals surface area contributed by atoms with Crippen LogP contribution in [-0.4, -0.2) is 9.78 Å². The minimum Gasteiger partial charge on any atom is -0.393 e. The Kier molecular flexibility index (Phi) is 1.72. The van der Waals surface area contributed by atoms with Gasteiger partial charge in [-0.3, -0.25) is 0 Å². The minimum atomic E-state index is 0.277. The molecule has 0 bridgehead atoms. The SMILES string of the molecule is CCn1nc(Cl)c(N)c1N. The molecule has 1 rings (SSSR count). The van der Waals surface area contributed by atoms with Gasteiger partial charge in [0.25, 0.3) is 0 Å². The Bertz CT molecular complexity index is 242. The van der Waals surface area contributed by atoms with Crippen LogP contribution in [0, 0.1) is 0 Å². The van der Waals surface area contributed by atoms with Gasteiger partial charge in [-0.1, -0.05) is 11.6 Å². The summed E-state index contributed by atoms with van der Waals surface area (Å²) in [5, 5.41) is 4.14. The van der Waals surface area contributed by atoms with Crippen LogP contribution >= 0.6 is 11.6 Å². The fourth-order valence-electron chi connectivity index (χ4n) is 0.699. The lowest BCUT2D eigenvalue weighted by Crippen LogP contribution is -2.02. The Morgan fingerprint density at radius 2 is 2.20 bits per heavy atom. The number of hydrogen-bond donors (Lipinski definition) is 2. The number of halogens is 1. The molecular formula is C5H9ClN4. The molecule has 56 valence electrons. The molecule has 0 spiro atoms. The third-order valence-corrected chi connectivity index (χ3v) is 1.56. The van der Waals surface area contributed by atoms with E-state index in [-0.39, 0.29) is 5.15 Å². The molecule has 0 aliphatic rings. The summed E-state index contributed by atoms with van der Waals surface area (Å²) in [5.41, 5.74) is 11.3. The second-order valence-corrected chi connectivity index (χ2v) is 2.26. The summed E-state index contributed by atoms with van der Waals surface area (Å²) in [6, 6.07) is 0. The van der Waals surface area contributed by atoms with E-state index in [0.29, 0.717) is 18.1 Å². The number of nitrogen functional groups attached to an aromatic ring is 2. The molecule has 4 N–H and O–H groups in total. The molecule has 1 heterocycles. The van der Waals surface area contributed by atoms with Gasteiger partial charge in [0.15, 0.2) is 5.15 Å². The zero-order valence-electron chi connectivity index (χ0n) is 5.63. The van der Waals surface area contributed by atoms with Crippen LogP contribution in [0.25, 0.3) is 0 Å². The number of hydrogen-bond acceptors (Lipinski definition) is 3. The topological polar surface area (TPSA) is 69.9 Å². The molecule has 5 heteroatoms. The zero-order valence-corrected chi connectivity index (χ0v) is 6.39. The third kappa shape index (κ3) is 0.903.